The lowest BCUT2D eigenvalue weighted by atomic mass is 9.81. The van der Waals surface area contributed by atoms with E-state index in [1.807, 2.05) is 0 Å². The van der Waals surface area contributed by atoms with Crippen molar-refractivity contribution in [1.29, 1.82) is 0 Å². The maximum absolute atomic E-state index is 3.67. The molecule has 2 unspecified atom stereocenters. The molecule has 1 rings (SSSR count). The van der Waals surface area contributed by atoms with Crippen molar-refractivity contribution in [2.75, 3.05) is 19.6 Å². The van der Waals surface area contributed by atoms with E-state index in [2.05, 4.69) is 44.8 Å². The zero-order valence-corrected chi connectivity index (χ0v) is 14.0. The van der Waals surface area contributed by atoms with Crippen LogP contribution in [0.4, 0.5) is 0 Å². The van der Waals surface area contributed by atoms with E-state index < -0.39 is 0 Å². The number of nitrogens with zero attached hydrogens (tertiary/aromatic N) is 1. The van der Waals surface area contributed by atoms with E-state index in [1.165, 1.54) is 51.6 Å². The maximum Gasteiger partial charge on any atom is 0.00962 e. The Labute approximate surface area is 121 Å². The van der Waals surface area contributed by atoms with Gasteiger partial charge in [0.1, 0.15) is 0 Å². The Morgan fingerprint density at radius 3 is 2.32 bits per heavy atom. The zero-order chi connectivity index (χ0) is 14.3. The molecule has 1 aliphatic heterocycles. The first kappa shape index (κ1) is 17.0. The van der Waals surface area contributed by atoms with Crippen molar-refractivity contribution >= 4 is 0 Å². The van der Waals surface area contributed by atoms with Gasteiger partial charge in [-0.15, -0.1) is 0 Å². The number of hydrogen-bond donors (Lipinski definition) is 1. The minimum absolute atomic E-state index is 0.473. The molecule has 2 atom stereocenters. The summed E-state index contributed by atoms with van der Waals surface area (Å²) in [5, 5.41) is 3.67. The second-order valence-corrected chi connectivity index (χ2v) is 6.54. The number of rotatable bonds is 9. The molecule has 1 saturated heterocycles. The van der Waals surface area contributed by atoms with Gasteiger partial charge < -0.3 is 5.32 Å². The van der Waals surface area contributed by atoms with Gasteiger partial charge in [0.25, 0.3) is 0 Å². The topological polar surface area (TPSA) is 15.3 Å². The van der Waals surface area contributed by atoms with Crippen molar-refractivity contribution in [2.24, 2.45) is 5.41 Å². The molecule has 0 aliphatic carbocycles. The van der Waals surface area contributed by atoms with Crippen LogP contribution in [0.1, 0.15) is 73.1 Å². The fraction of sp³-hybridized carbons (Fsp3) is 1.00. The number of likely N-dealkylation sites (tertiary alicyclic amines) is 1. The minimum atomic E-state index is 0.473. The Balaban J connectivity index is 2.65. The van der Waals surface area contributed by atoms with Gasteiger partial charge in [0.2, 0.25) is 0 Å². The summed E-state index contributed by atoms with van der Waals surface area (Å²) in [6.45, 7) is 15.4. The standard InChI is InChI=1S/C17H36N2/c1-6-12-18-13-17(8-3,9-4)14-19-15(5)10-11-16(19)7-2/h15-16,18H,6-14H2,1-5H3. The highest BCUT2D eigenvalue weighted by atomic mass is 15.2. The Morgan fingerprint density at radius 2 is 1.79 bits per heavy atom. The predicted molar refractivity (Wildman–Crippen MR) is 85.7 cm³/mol. The molecule has 2 heteroatoms. The fourth-order valence-electron chi connectivity index (χ4n) is 3.55. The molecule has 0 radical (unpaired) electrons. The monoisotopic (exact) mass is 268 g/mol. The summed E-state index contributed by atoms with van der Waals surface area (Å²) >= 11 is 0. The average molecular weight is 268 g/mol. The van der Waals surface area contributed by atoms with Gasteiger partial charge in [0.05, 0.1) is 0 Å². The van der Waals surface area contributed by atoms with Crippen molar-refractivity contribution < 1.29 is 0 Å². The summed E-state index contributed by atoms with van der Waals surface area (Å²) in [6.07, 6.45) is 7.94. The van der Waals surface area contributed by atoms with Crippen LogP contribution >= 0.6 is 0 Å². The highest BCUT2D eigenvalue weighted by Crippen LogP contribution is 2.34. The van der Waals surface area contributed by atoms with Crippen LogP contribution in [0.5, 0.6) is 0 Å². The third-order valence-corrected chi connectivity index (χ3v) is 5.37. The summed E-state index contributed by atoms with van der Waals surface area (Å²) in [5.74, 6) is 0. The summed E-state index contributed by atoms with van der Waals surface area (Å²) in [7, 11) is 0. The first-order valence-corrected chi connectivity index (χ1v) is 8.58. The fourth-order valence-corrected chi connectivity index (χ4v) is 3.55. The van der Waals surface area contributed by atoms with Gasteiger partial charge in [0, 0.05) is 25.2 Å². The molecule has 0 aromatic carbocycles. The predicted octanol–water partition coefficient (Wildman–Crippen LogP) is 4.06. The average Bonchev–Trinajstić information content (AvgIpc) is 2.78. The van der Waals surface area contributed by atoms with E-state index in [0.29, 0.717) is 5.41 Å². The summed E-state index contributed by atoms with van der Waals surface area (Å²) in [6, 6.07) is 1.62. The molecule has 114 valence electrons. The molecular formula is C17H36N2. The van der Waals surface area contributed by atoms with Crippen molar-refractivity contribution in [2.45, 2.75) is 85.2 Å². The molecule has 0 aromatic rings. The molecule has 19 heavy (non-hydrogen) atoms. The summed E-state index contributed by atoms with van der Waals surface area (Å²) in [5.41, 5.74) is 0.473. The van der Waals surface area contributed by atoms with E-state index in [9.17, 15) is 0 Å². The normalized spacial score (nSPS) is 25.1. The van der Waals surface area contributed by atoms with Crippen LogP contribution in [0.3, 0.4) is 0 Å². The first-order chi connectivity index (χ1) is 9.12. The molecule has 1 fully saturated rings. The van der Waals surface area contributed by atoms with Crippen LogP contribution < -0.4 is 5.32 Å². The van der Waals surface area contributed by atoms with Crippen molar-refractivity contribution in [3.05, 3.63) is 0 Å². The number of hydrogen-bond acceptors (Lipinski definition) is 2. The third-order valence-electron chi connectivity index (χ3n) is 5.37. The molecule has 0 saturated carbocycles. The van der Waals surface area contributed by atoms with Crippen molar-refractivity contribution in [1.82, 2.24) is 10.2 Å². The lowest BCUT2D eigenvalue weighted by Crippen LogP contribution is -2.47. The van der Waals surface area contributed by atoms with Gasteiger partial charge in [-0.2, -0.15) is 0 Å². The van der Waals surface area contributed by atoms with Gasteiger partial charge in [-0.1, -0.05) is 27.7 Å². The summed E-state index contributed by atoms with van der Waals surface area (Å²) in [4.78, 5) is 2.81. The lowest BCUT2D eigenvalue weighted by molar-refractivity contribution is 0.0971. The van der Waals surface area contributed by atoms with Gasteiger partial charge >= 0.3 is 0 Å². The molecule has 1 N–H and O–H groups in total. The summed E-state index contributed by atoms with van der Waals surface area (Å²) < 4.78 is 0. The Kier molecular flexibility index (Phi) is 7.38. The van der Waals surface area contributed by atoms with E-state index >= 15 is 0 Å². The Bertz CT molecular complexity index is 235. The quantitative estimate of drug-likeness (QED) is 0.635. The zero-order valence-electron chi connectivity index (χ0n) is 14.0. The maximum atomic E-state index is 3.67. The molecular weight excluding hydrogens is 232 g/mol. The van der Waals surface area contributed by atoms with Gasteiger partial charge in [-0.05, 0) is 57.4 Å². The Morgan fingerprint density at radius 1 is 1.11 bits per heavy atom. The molecule has 0 bridgehead atoms. The highest BCUT2D eigenvalue weighted by Gasteiger charge is 2.36. The minimum Gasteiger partial charge on any atom is -0.316 e. The molecule has 0 amide bonds. The molecule has 1 aliphatic rings. The largest absolute Gasteiger partial charge is 0.316 e. The van der Waals surface area contributed by atoms with Crippen LogP contribution in [-0.2, 0) is 0 Å². The van der Waals surface area contributed by atoms with Crippen LogP contribution in [0.15, 0.2) is 0 Å². The molecule has 2 nitrogen and oxygen atoms in total. The second-order valence-electron chi connectivity index (χ2n) is 6.54. The van der Waals surface area contributed by atoms with E-state index in [0.717, 1.165) is 18.6 Å². The van der Waals surface area contributed by atoms with Crippen molar-refractivity contribution in [3.8, 4) is 0 Å². The smallest absolute Gasteiger partial charge is 0.00962 e. The molecule has 0 aromatic heterocycles. The second kappa shape index (κ2) is 8.26. The lowest BCUT2D eigenvalue weighted by Gasteiger charge is -2.40. The highest BCUT2D eigenvalue weighted by molar-refractivity contribution is 4.91. The van der Waals surface area contributed by atoms with Crippen LogP contribution in [-0.4, -0.2) is 36.6 Å². The van der Waals surface area contributed by atoms with E-state index in [1.54, 1.807) is 0 Å². The molecule has 1 heterocycles. The SMILES string of the molecule is CCCNCC(CC)(CC)CN1C(C)CCC1CC. The van der Waals surface area contributed by atoms with Crippen molar-refractivity contribution in [3.63, 3.8) is 0 Å². The van der Waals surface area contributed by atoms with Gasteiger partial charge in [0.15, 0.2) is 0 Å². The van der Waals surface area contributed by atoms with Crippen LogP contribution in [0.25, 0.3) is 0 Å². The number of nitrogens with one attached hydrogen (secondary N) is 1. The van der Waals surface area contributed by atoms with Crippen LogP contribution in [0, 0.1) is 5.41 Å². The first-order valence-electron chi connectivity index (χ1n) is 8.58. The third kappa shape index (κ3) is 4.46. The van der Waals surface area contributed by atoms with Gasteiger partial charge in [-0.3, -0.25) is 4.90 Å². The van der Waals surface area contributed by atoms with E-state index in [-0.39, 0.29) is 0 Å². The van der Waals surface area contributed by atoms with Crippen LogP contribution in [0.2, 0.25) is 0 Å². The van der Waals surface area contributed by atoms with E-state index in [4.69, 9.17) is 0 Å². The Hall–Kier alpha value is -0.0800. The molecule has 0 spiro atoms. The van der Waals surface area contributed by atoms with Gasteiger partial charge in [-0.25, -0.2) is 0 Å².